The van der Waals surface area contributed by atoms with E-state index in [0.717, 1.165) is 30.7 Å². The molecule has 0 spiro atoms. The fraction of sp³-hybridized carbons (Fsp3) is 0.562. The third-order valence-corrected chi connectivity index (χ3v) is 4.04. The third-order valence-electron chi connectivity index (χ3n) is 4.04. The van der Waals surface area contributed by atoms with E-state index in [0.29, 0.717) is 0 Å². The van der Waals surface area contributed by atoms with Crippen molar-refractivity contribution in [2.75, 3.05) is 19.5 Å². The van der Waals surface area contributed by atoms with E-state index in [1.54, 1.807) is 7.11 Å². The van der Waals surface area contributed by atoms with Gasteiger partial charge in [0.1, 0.15) is 11.3 Å². The zero-order chi connectivity index (χ0) is 14.8. The highest BCUT2D eigenvalue weighted by molar-refractivity contribution is 5.85. The van der Waals surface area contributed by atoms with Gasteiger partial charge in [-0.25, -0.2) is 4.79 Å². The maximum atomic E-state index is 12.3. The lowest BCUT2D eigenvalue weighted by Crippen LogP contribution is -2.45. The van der Waals surface area contributed by atoms with Crippen molar-refractivity contribution in [2.45, 2.75) is 38.6 Å². The Labute approximate surface area is 120 Å². The SMILES string of the molecule is COC(=O)C1(Nc2cccc(OC)c2)CCC(C)(C)C1. The van der Waals surface area contributed by atoms with Gasteiger partial charge in [0, 0.05) is 11.8 Å². The topological polar surface area (TPSA) is 47.6 Å². The van der Waals surface area contributed by atoms with Crippen LogP contribution in [0.15, 0.2) is 24.3 Å². The number of methoxy groups -OCH3 is 2. The molecular weight excluding hydrogens is 254 g/mol. The van der Waals surface area contributed by atoms with Crippen molar-refractivity contribution < 1.29 is 14.3 Å². The molecule has 0 bridgehead atoms. The van der Waals surface area contributed by atoms with Crippen molar-refractivity contribution >= 4 is 11.7 Å². The average Bonchev–Trinajstić information content (AvgIpc) is 2.74. The first kappa shape index (κ1) is 14.7. The molecule has 1 atom stereocenters. The van der Waals surface area contributed by atoms with Gasteiger partial charge in [-0.15, -0.1) is 0 Å². The number of hydrogen-bond donors (Lipinski definition) is 1. The summed E-state index contributed by atoms with van der Waals surface area (Å²) in [7, 11) is 3.08. The lowest BCUT2D eigenvalue weighted by molar-refractivity contribution is -0.146. The summed E-state index contributed by atoms with van der Waals surface area (Å²) in [6.45, 7) is 4.37. The predicted molar refractivity (Wildman–Crippen MR) is 79.0 cm³/mol. The maximum Gasteiger partial charge on any atom is 0.331 e. The van der Waals surface area contributed by atoms with Crippen LogP contribution < -0.4 is 10.1 Å². The van der Waals surface area contributed by atoms with Crippen LogP contribution in [0.2, 0.25) is 0 Å². The smallest absolute Gasteiger partial charge is 0.331 e. The van der Waals surface area contributed by atoms with E-state index in [-0.39, 0.29) is 11.4 Å². The highest BCUT2D eigenvalue weighted by atomic mass is 16.5. The molecular formula is C16H23NO3. The van der Waals surface area contributed by atoms with Crippen LogP contribution in [0.4, 0.5) is 5.69 Å². The first-order chi connectivity index (χ1) is 9.41. The number of ether oxygens (including phenoxy) is 2. The minimum absolute atomic E-state index is 0.139. The summed E-state index contributed by atoms with van der Waals surface area (Å²) >= 11 is 0. The molecule has 4 nitrogen and oxygen atoms in total. The fourth-order valence-electron chi connectivity index (χ4n) is 3.05. The van der Waals surface area contributed by atoms with Gasteiger partial charge < -0.3 is 14.8 Å². The van der Waals surface area contributed by atoms with Crippen molar-refractivity contribution in [3.8, 4) is 5.75 Å². The van der Waals surface area contributed by atoms with E-state index in [2.05, 4.69) is 19.2 Å². The predicted octanol–water partition coefficient (Wildman–Crippen LogP) is 3.23. The molecule has 0 aliphatic heterocycles. The van der Waals surface area contributed by atoms with Crippen LogP contribution in [-0.4, -0.2) is 25.7 Å². The fourth-order valence-corrected chi connectivity index (χ4v) is 3.05. The van der Waals surface area contributed by atoms with Crippen molar-refractivity contribution in [3.05, 3.63) is 24.3 Å². The van der Waals surface area contributed by atoms with Crippen molar-refractivity contribution in [3.63, 3.8) is 0 Å². The summed E-state index contributed by atoms with van der Waals surface area (Å²) < 4.78 is 10.3. The number of rotatable bonds is 4. The monoisotopic (exact) mass is 277 g/mol. The van der Waals surface area contributed by atoms with E-state index >= 15 is 0 Å². The quantitative estimate of drug-likeness (QED) is 0.858. The van der Waals surface area contributed by atoms with Gasteiger partial charge in [-0.05, 0) is 36.8 Å². The Morgan fingerprint density at radius 3 is 2.55 bits per heavy atom. The molecule has 0 radical (unpaired) electrons. The van der Waals surface area contributed by atoms with Crippen LogP contribution in [0.3, 0.4) is 0 Å². The third kappa shape index (κ3) is 2.89. The highest BCUT2D eigenvalue weighted by Crippen LogP contribution is 2.46. The molecule has 1 fully saturated rings. The van der Waals surface area contributed by atoms with Gasteiger partial charge in [0.15, 0.2) is 0 Å². The molecule has 1 aromatic rings. The van der Waals surface area contributed by atoms with Gasteiger partial charge in [0.05, 0.1) is 14.2 Å². The summed E-state index contributed by atoms with van der Waals surface area (Å²) in [5.74, 6) is 0.582. The Hall–Kier alpha value is -1.71. The Kier molecular flexibility index (Phi) is 3.93. The molecule has 20 heavy (non-hydrogen) atoms. The second-order valence-corrected chi connectivity index (χ2v) is 6.27. The second-order valence-electron chi connectivity index (χ2n) is 6.27. The van der Waals surface area contributed by atoms with Crippen LogP contribution in [-0.2, 0) is 9.53 Å². The van der Waals surface area contributed by atoms with Gasteiger partial charge >= 0.3 is 5.97 Å². The Morgan fingerprint density at radius 1 is 1.25 bits per heavy atom. The Morgan fingerprint density at radius 2 is 2.00 bits per heavy atom. The molecule has 0 aromatic heterocycles. The molecule has 1 aliphatic carbocycles. The minimum Gasteiger partial charge on any atom is -0.497 e. The first-order valence-electron chi connectivity index (χ1n) is 6.91. The summed E-state index contributed by atoms with van der Waals surface area (Å²) in [5.41, 5.74) is 0.387. The molecule has 4 heteroatoms. The number of carbonyl (C=O) groups is 1. The van der Waals surface area contributed by atoms with Crippen LogP contribution in [0, 0.1) is 5.41 Å². The molecule has 0 amide bonds. The number of hydrogen-bond acceptors (Lipinski definition) is 4. The summed E-state index contributed by atoms with van der Waals surface area (Å²) in [5, 5.41) is 3.38. The van der Waals surface area contributed by atoms with Gasteiger partial charge in [-0.2, -0.15) is 0 Å². The van der Waals surface area contributed by atoms with Crippen molar-refractivity contribution in [1.82, 2.24) is 0 Å². The molecule has 1 unspecified atom stereocenters. The van der Waals surface area contributed by atoms with Gasteiger partial charge in [-0.1, -0.05) is 19.9 Å². The van der Waals surface area contributed by atoms with Crippen LogP contribution >= 0.6 is 0 Å². The van der Waals surface area contributed by atoms with E-state index in [9.17, 15) is 4.79 Å². The molecule has 1 aromatic carbocycles. The average molecular weight is 277 g/mol. The molecule has 1 saturated carbocycles. The first-order valence-corrected chi connectivity index (χ1v) is 6.91. The number of nitrogens with one attached hydrogen (secondary N) is 1. The van der Waals surface area contributed by atoms with Crippen LogP contribution in [0.1, 0.15) is 33.1 Å². The van der Waals surface area contributed by atoms with Gasteiger partial charge in [0.25, 0.3) is 0 Å². The summed E-state index contributed by atoms with van der Waals surface area (Å²) in [6.07, 6.45) is 2.55. The van der Waals surface area contributed by atoms with Gasteiger partial charge in [-0.3, -0.25) is 0 Å². The van der Waals surface area contributed by atoms with E-state index < -0.39 is 5.54 Å². The molecule has 2 rings (SSSR count). The van der Waals surface area contributed by atoms with Crippen LogP contribution in [0.5, 0.6) is 5.75 Å². The molecule has 1 N–H and O–H groups in total. The summed E-state index contributed by atoms with van der Waals surface area (Å²) in [4.78, 5) is 12.3. The number of esters is 1. The van der Waals surface area contributed by atoms with Crippen LogP contribution in [0.25, 0.3) is 0 Å². The number of carbonyl (C=O) groups excluding carboxylic acids is 1. The summed E-state index contributed by atoms with van der Waals surface area (Å²) in [6, 6.07) is 7.63. The number of anilines is 1. The molecule has 110 valence electrons. The lowest BCUT2D eigenvalue weighted by atomic mass is 9.87. The Bertz CT molecular complexity index is 498. The second kappa shape index (κ2) is 5.35. The molecule has 0 saturated heterocycles. The van der Waals surface area contributed by atoms with E-state index in [1.165, 1.54) is 7.11 Å². The van der Waals surface area contributed by atoms with E-state index in [4.69, 9.17) is 9.47 Å². The van der Waals surface area contributed by atoms with E-state index in [1.807, 2.05) is 24.3 Å². The minimum atomic E-state index is -0.634. The lowest BCUT2D eigenvalue weighted by Gasteiger charge is -2.30. The van der Waals surface area contributed by atoms with Crippen molar-refractivity contribution in [1.29, 1.82) is 0 Å². The Balaban J connectivity index is 2.27. The van der Waals surface area contributed by atoms with Crippen molar-refractivity contribution in [2.24, 2.45) is 5.41 Å². The van der Waals surface area contributed by atoms with Gasteiger partial charge in [0.2, 0.25) is 0 Å². The maximum absolute atomic E-state index is 12.3. The molecule has 1 aliphatic rings. The zero-order valence-electron chi connectivity index (χ0n) is 12.7. The zero-order valence-corrected chi connectivity index (χ0v) is 12.7. The largest absolute Gasteiger partial charge is 0.497 e. The normalized spacial score (nSPS) is 24.2. The standard InChI is InChI=1S/C16H23NO3/c1-15(2)8-9-16(11-15,14(18)20-4)17-12-6-5-7-13(10-12)19-3/h5-7,10,17H,8-9,11H2,1-4H3. The molecule has 0 heterocycles. The number of benzene rings is 1. The highest BCUT2D eigenvalue weighted by Gasteiger charge is 2.49.